The number of hydrogen-bond donors (Lipinski definition) is 2. The Morgan fingerprint density at radius 3 is 2.92 bits per heavy atom. The van der Waals surface area contributed by atoms with Crippen molar-refractivity contribution >= 4 is 33.8 Å². The van der Waals surface area contributed by atoms with E-state index in [1.165, 1.54) is 11.3 Å². The normalized spacial score (nSPS) is 12.1. The summed E-state index contributed by atoms with van der Waals surface area (Å²) >= 11 is 1.53. The quantitative estimate of drug-likeness (QED) is 0.700. The Bertz CT molecular complexity index is 855. The lowest BCUT2D eigenvalue weighted by molar-refractivity contribution is -0.127. The molecule has 0 saturated carbocycles. The number of fused-ring (bicyclic) bond motifs is 1. The molecule has 24 heavy (non-hydrogen) atoms. The summed E-state index contributed by atoms with van der Waals surface area (Å²) in [5.41, 5.74) is 2.51. The first-order valence-electron chi connectivity index (χ1n) is 7.59. The van der Waals surface area contributed by atoms with Crippen molar-refractivity contribution in [1.82, 2.24) is 14.7 Å². The van der Waals surface area contributed by atoms with Crippen molar-refractivity contribution in [2.24, 2.45) is 0 Å². The van der Waals surface area contributed by atoms with Gasteiger partial charge in [-0.05, 0) is 31.5 Å². The largest absolute Gasteiger partial charge is 0.348 e. The number of nitrogens with one attached hydrogen (secondary N) is 2. The van der Waals surface area contributed by atoms with Crippen molar-refractivity contribution in [2.45, 2.75) is 26.3 Å². The van der Waals surface area contributed by atoms with Crippen LogP contribution < -0.4 is 10.6 Å². The molecular formula is C17H18N4O2S. The van der Waals surface area contributed by atoms with E-state index in [-0.39, 0.29) is 24.3 Å². The van der Waals surface area contributed by atoms with Gasteiger partial charge in [0, 0.05) is 23.5 Å². The Morgan fingerprint density at radius 2 is 2.17 bits per heavy atom. The van der Waals surface area contributed by atoms with Crippen molar-refractivity contribution in [3.05, 3.63) is 53.3 Å². The number of aryl methyl sites for hydroxylation is 1. The van der Waals surface area contributed by atoms with Crippen LogP contribution in [0, 0.1) is 6.92 Å². The van der Waals surface area contributed by atoms with E-state index in [0.717, 1.165) is 16.2 Å². The average Bonchev–Trinajstić information content (AvgIpc) is 3.07. The highest BCUT2D eigenvalue weighted by Crippen LogP contribution is 2.16. The highest BCUT2D eigenvalue weighted by atomic mass is 32.1. The summed E-state index contributed by atoms with van der Waals surface area (Å²) in [6, 6.07) is 7.20. The summed E-state index contributed by atoms with van der Waals surface area (Å²) < 4.78 is 1.91. The smallest absolute Gasteiger partial charge is 0.233 e. The van der Waals surface area contributed by atoms with Gasteiger partial charge in [0.1, 0.15) is 6.42 Å². The molecule has 0 aliphatic carbocycles. The standard InChI is InChI=1S/C17H18N4O2S/c1-11-4-3-5-13(8-11)19-16(23)9-15(22)18-12(2)14-10-21-6-7-24-17(21)20-14/h3-8,10,12H,9H2,1-2H3,(H,18,22)(H,19,23). The second kappa shape index (κ2) is 6.84. The number of hydrogen-bond acceptors (Lipinski definition) is 4. The first-order chi connectivity index (χ1) is 11.5. The lowest BCUT2D eigenvalue weighted by Gasteiger charge is -2.11. The summed E-state index contributed by atoms with van der Waals surface area (Å²) in [6.07, 6.45) is 3.57. The van der Waals surface area contributed by atoms with Crippen molar-refractivity contribution in [3.8, 4) is 0 Å². The molecule has 1 atom stereocenters. The second-order valence-electron chi connectivity index (χ2n) is 5.64. The Labute approximate surface area is 143 Å². The maximum absolute atomic E-state index is 12.0. The van der Waals surface area contributed by atoms with Gasteiger partial charge in [-0.25, -0.2) is 4.98 Å². The predicted molar refractivity (Wildman–Crippen MR) is 94.1 cm³/mol. The van der Waals surface area contributed by atoms with Crippen LogP contribution in [0.25, 0.3) is 4.96 Å². The summed E-state index contributed by atoms with van der Waals surface area (Å²) in [5.74, 6) is -0.667. The molecule has 6 nitrogen and oxygen atoms in total. The van der Waals surface area contributed by atoms with Gasteiger partial charge in [0.25, 0.3) is 0 Å². The fourth-order valence-electron chi connectivity index (χ4n) is 2.39. The van der Waals surface area contributed by atoms with Crippen LogP contribution in [0.5, 0.6) is 0 Å². The van der Waals surface area contributed by atoms with Crippen LogP contribution in [0.2, 0.25) is 0 Å². The van der Waals surface area contributed by atoms with Crippen LogP contribution in [-0.2, 0) is 9.59 Å². The third-order valence-electron chi connectivity index (χ3n) is 3.56. The molecule has 1 aromatic carbocycles. The number of thiazole rings is 1. The van der Waals surface area contributed by atoms with E-state index in [1.54, 1.807) is 6.07 Å². The first-order valence-corrected chi connectivity index (χ1v) is 8.47. The van der Waals surface area contributed by atoms with Gasteiger partial charge < -0.3 is 10.6 Å². The van der Waals surface area contributed by atoms with Gasteiger partial charge >= 0.3 is 0 Å². The molecule has 0 saturated heterocycles. The van der Waals surface area contributed by atoms with E-state index < -0.39 is 0 Å². The van der Waals surface area contributed by atoms with Gasteiger partial charge in [-0.1, -0.05) is 12.1 Å². The highest BCUT2D eigenvalue weighted by molar-refractivity contribution is 7.15. The molecule has 1 unspecified atom stereocenters. The summed E-state index contributed by atoms with van der Waals surface area (Å²) in [5, 5.41) is 7.48. The number of anilines is 1. The monoisotopic (exact) mass is 342 g/mol. The minimum absolute atomic E-state index is 0.222. The maximum atomic E-state index is 12.0. The average molecular weight is 342 g/mol. The van der Waals surface area contributed by atoms with Gasteiger partial charge in [0.05, 0.1) is 11.7 Å². The molecule has 0 bridgehead atoms. The van der Waals surface area contributed by atoms with Crippen LogP contribution in [-0.4, -0.2) is 21.2 Å². The second-order valence-corrected chi connectivity index (χ2v) is 6.52. The van der Waals surface area contributed by atoms with E-state index in [2.05, 4.69) is 15.6 Å². The van der Waals surface area contributed by atoms with Crippen molar-refractivity contribution in [2.75, 3.05) is 5.32 Å². The number of imidazole rings is 1. The lowest BCUT2D eigenvalue weighted by atomic mass is 10.2. The van der Waals surface area contributed by atoms with Crippen LogP contribution >= 0.6 is 11.3 Å². The number of rotatable bonds is 5. The minimum Gasteiger partial charge on any atom is -0.348 e. The molecule has 3 aromatic rings. The zero-order chi connectivity index (χ0) is 17.1. The molecule has 2 N–H and O–H groups in total. The van der Waals surface area contributed by atoms with E-state index in [1.807, 2.05) is 54.2 Å². The molecule has 2 heterocycles. The fourth-order valence-corrected chi connectivity index (χ4v) is 3.10. The van der Waals surface area contributed by atoms with E-state index in [0.29, 0.717) is 5.69 Å². The van der Waals surface area contributed by atoms with Gasteiger partial charge in [-0.2, -0.15) is 0 Å². The fraction of sp³-hybridized carbons (Fsp3) is 0.235. The van der Waals surface area contributed by atoms with Gasteiger partial charge in [0.15, 0.2) is 4.96 Å². The van der Waals surface area contributed by atoms with E-state index >= 15 is 0 Å². The third kappa shape index (κ3) is 3.80. The number of nitrogens with zero attached hydrogens (tertiary/aromatic N) is 2. The third-order valence-corrected chi connectivity index (χ3v) is 4.33. The summed E-state index contributed by atoms with van der Waals surface area (Å²) in [6.45, 7) is 3.79. The molecule has 0 spiro atoms. The van der Waals surface area contributed by atoms with E-state index in [9.17, 15) is 9.59 Å². The molecule has 0 aliphatic heterocycles. The Kier molecular flexibility index (Phi) is 4.61. The van der Waals surface area contributed by atoms with Gasteiger partial charge in [-0.3, -0.25) is 14.0 Å². The molecule has 0 radical (unpaired) electrons. The number of benzene rings is 1. The zero-order valence-corrected chi connectivity index (χ0v) is 14.3. The Morgan fingerprint density at radius 1 is 1.33 bits per heavy atom. The van der Waals surface area contributed by atoms with Crippen molar-refractivity contribution < 1.29 is 9.59 Å². The molecule has 2 amide bonds. The van der Waals surface area contributed by atoms with Crippen molar-refractivity contribution in [3.63, 3.8) is 0 Å². The van der Waals surface area contributed by atoms with Crippen LogP contribution in [0.1, 0.15) is 30.6 Å². The molecule has 2 aromatic heterocycles. The predicted octanol–water partition coefficient (Wildman–Crippen LogP) is 2.91. The molecule has 0 fully saturated rings. The summed E-state index contributed by atoms with van der Waals surface area (Å²) in [4.78, 5) is 29.3. The number of amides is 2. The lowest BCUT2D eigenvalue weighted by Crippen LogP contribution is -2.30. The molecule has 124 valence electrons. The SMILES string of the molecule is Cc1cccc(NC(=O)CC(=O)NC(C)c2cn3ccsc3n2)c1. The number of aromatic nitrogens is 2. The van der Waals surface area contributed by atoms with Crippen molar-refractivity contribution in [1.29, 1.82) is 0 Å². The first kappa shape index (κ1) is 16.2. The minimum atomic E-state index is -0.337. The summed E-state index contributed by atoms with van der Waals surface area (Å²) in [7, 11) is 0. The molecule has 7 heteroatoms. The number of carbonyl (C=O) groups is 2. The maximum Gasteiger partial charge on any atom is 0.233 e. The Hall–Kier alpha value is -2.67. The van der Waals surface area contributed by atoms with Crippen LogP contribution in [0.15, 0.2) is 42.0 Å². The van der Waals surface area contributed by atoms with Gasteiger partial charge in [-0.15, -0.1) is 11.3 Å². The highest BCUT2D eigenvalue weighted by Gasteiger charge is 2.16. The van der Waals surface area contributed by atoms with Crippen LogP contribution in [0.3, 0.4) is 0 Å². The topological polar surface area (TPSA) is 75.5 Å². The molecule has 3 rings (SSSR count). The van der Waals surface area contributed by atoms with Gasteiger partial charge in [0.2, 0.25) is 11.8 Å². The molecular weight excluding hydrogens is 324 g/mol. The van der Waals surface area contributed by atoms with E-state index in [4.69, 9.17) is 0 Å². The molecule has 0 aliphatic rings. The van der Waals surface area contributed by atoms with Crippen LogP contribution in [0.4, 0.5) is 5.69 Å². The number of carbonyl (C=O) groups excluding carboxylic acids is 2. The Balaban J connectivity index is 1.54. The zero-order valence-electron chi connectivity index (χ0n) is 13.4.